The fourth-order valence-corrected chi connectivity index (χ4v) is 2.66. The highest BCUT2D eigenvalue weighted by Crippen LogP contribution is 2.40. The maximum atomic E-state index is 12.4. The lowest BCUT2D eigenvalue weighted by molar-refractivity contribution is -0.173. The van der Waals surface area contributed by atoms with E-state index < -0.39 is 11.0 Å². The zero-order valence-corrected chi connectivity index (χ0v) is 12.3. The highest BCUT2D eigenvalue weighted by atomic mass is 16.6. The third-order valence-electron chi connectivity index (χ3n) is 3.98. The first-order chi connectivity index (χ1) is 8.18. The summed E-state index contributed by atoms with van der Waals surface area (Å²) in [7, 11) is 0. The first-order valence-corrected chi connectivity index (χ1v) is 6.92. The second-order valence-corrected chi connectivity index (χ2v) is 6.60. The monoisotopic (exact) mass is 254 g/mol. The fraction of sp³-hybridized carbons (Fsp3) is 0.867. The molecule has 1 aliphatic carbocycles. The Morgan fingerprint density at radius 3 is 1.89 bits per heavy atom. The second kappa shape index (κ2) is 5.41. The zero-order chi connectivity index (χ0) is 14.0. The summed E-state index contributed by atoms with van der Waals surface area (Å²) in [6.45, 7) is 8.79. The van der Waals surface area contributed by atoms with E-state index in [0.29, 0.717) is 0 Å². The molecule has 3 heteroatoms. The minimum Gasteiger partial charge on any atom is -0.459 e. The zero-order valence-electron chi connectivity index (χ0n) is 12.3. The number of rotatable bonds is 3. The summed E-state index contributed by atoms with van der Waals surface area (Å²) in [4.78, 5) is 24.4. The highest BCUT2D eigenvalue weighted by molar-refractivity contribution is 6.02. The van der Waals surface area contributed by atoms with E-state index in [1.54, 1.807) is 6.92 Å². The molecule has 18 heavy (non-hydrogen) atoms. The van der Waals surface area contributed by atoms with Gasteiger partial charge < -0.3 is 4.74 Å². The summed E-state index contributed by atoms with van der Waals surface area (Å²) in [5, 5.41) is 0. The number of esters is 1. The van der Waals surface area contributed by atoms with E-state index in [0.717, 1.165) is 25.7 Å². The molecule has 0 aliphatic heterocycles. The second-order valence-electron chi connectivity index (χ2n) is 6.60. The maximum absolute atomic E-state index is 12.4. The van der Waals surface area contributed by atoms with E-state index in [-0.39, 0.29) is 17.7 Å². The Bertz CT molecular complexity index is 321. The summed E-state index contributed by atoms with van der Waals surface area (Å²) in [5.41, 5.74) is -1.50. The summed E-state index contributed by atoms with van der Waals surface area (Å²) >= 11 is 0. The largest absolute Gasteiger partial charge is 0.459 e. The topological polar surface area (TPSA) is 43.4 Å². The van der Waals surface area contributed by atoms with E-state index >= 15 is 0 Å². The summed E-state index contributed by atoms with van der Waals surface area (Å²) in [6, 6.07) is 0. The Balaban J connectivity index is 2.92. The van der Waals surface area contributed by atoms with Crippen molar-refractivity contribution >= 4 is 11.8 Å². The average Bonchev–Trinajstić information content (AvgIpc) is 2.26. The smallest absolute Gasteiger partial charge is 0.320 e. The Kier molecular flexibility index (Phi) is 4.57. The average molecular weight is 254 g/mol. The molecule has 1 saturated carbocycles. The normalized spacial score (nSPS) is 21.2. The van der Waals surface area contributed by atoms with Crippen molar-refractivity contribution in [3.05, 3.63) is 0 Å². The molecule has 104 valence electrons. The van der Waals surface area contributed by atoms with Gasteiger partial charge in [-0.05, 0) is 53.4 Å². The summed E-state index contributed by atoms with van der Waals surface area (Å²) < 4.78 is 5.46. The van der Waals surface area contributed by atoms with Gasteiger partial charge in [-0.25, -0.2) is 0 Å². The van der Waals surface area contributed by atoms with Crippen LogP contribution in [0.25, 0.3) is 0 Å². The van der Waals surface area contributed by atoms with Crippen LogP contribution < -0.4 is 0 Å². The van der Waals surface area contributed by atoms with Crippen LogP contribution in [0.5, 0.6) is 0 Å². The van der Waals surface area contributed by atoms with Gasteiger partial charge in [0.2, 0.25) is 0 Å². The molecule has 0 heterocycles. The van der Waals surface area contributed by atoms with E-state index in [4.69, 9.17) is 4.74 Å². The van der Waals surface area contributed by atoms with Gasteiger partial charge in [-0.2, -0.15) is 0 Å². The lowest BCUT2D eigenvalue weighted by Gasteiger charge is -2.37. The highest BCUT2D eigenvalue weighted by Gasteiger charge is 2.48. The van der Waals surface area contributed by atoms with Crippen LogP contribution in [0.4, 0.5) is 0 Å². The first kappa shape index (κ1) is 15.2. The molecule has 1 atom stereocenters. The molecule has 3 nitrogen and oxygen atoms in total. The Morgan fingerprint density at radius 1 is 1.00 bits per heavy atom. The van der Waals surface area contributed by atoms with Crippen molar-refractivity contribution in [3.63, 3.8) is 0 Å². The molecular formula is C15H26O3. The number of ether oxygens (including phenoxy) is 1. The summed E-state index contributed by atoms with van der Waals surface area (Å²) in [6.07, 6.45) is 5.33. The third kappa shape index (κ3) is 3.33. The molecule has 0 amide bonds. The summed E-state index contributed by atoms with van der Waals surface area (Å²) in [5.74, 6) is -0.281. The number of hydrogen-bond donors (Lipinski definition) is 0. The van der Waals surface area contributed by atoms with Crippen LogP contribution in [0.15, 0.2) is 0 Å². The molecule has 0 N–H and O–H groups in total. The van der Waals surface area contributed by atoms with E-state index in [1.807, 2.05) is 20.8 Å². The molecule has 0 aromatic rings. The Hall–Kier alpha value is -0.860. The molecule has 0 aromatic carbocycles. The van der Waals surface area contributed by atoms with Crippen LogP contribution in [-0.2, 0) is 14.3 Å². The van der Waals surface area contributed by atoms with Crippen LogP contribution in [0, 0.1) is 11.3 Å². The third-order valence-corrected chi connectivity index (χ3v) is 3.98. The van der Waals surface area contributed by atoms with E-state index in [2.05, 4.69) is 0 Å². The van der Waals surface area contributed by atoms with Gasteiger partial charge in [-0.1, -0.05) is 19.3 Å². The SMILES string of the molecule is CC(=O)C(C)(C(=O)OC(C)(C)C)C1CCCCC1. The molecule has 1 rings (SSSR count). The van der Waals surface area contributed by atoms with Gasteiger partial charge >= 0.3 is 5.97 Å². The Morgan fingerprint density at radius 2 is 1.50 bits per heavy atom. The van der Waals surface area contributed by atoms with Crippen LogP contribution in [0.1, 0.15) is 66.7 Å². The molecule has 0 aromatic heterocycles. The number of carbonyl (C=O) groups is 2. The van der Waals surface area contributed by atoms with E-state index in [9.17, 15) is 9.59 Å². The molecule has 1 fully saturated rings. The molecule has 0 bridgehead atoms. The molecule has 0 spiro atoms. The fourth-order valence-electron chi connectivity index (χ4n) is 2.66. The minimum absolute atomic E-state index is 0.0661. The van der Waals surface area contributed by atoms with Gasteiger partial charge in [-0.15, -0.1) is 0 Å². The van der Waals surface area contributed by atoms with Crippen molar-refractivity contribution < 1.29 is 14.3 Å². The predicted molar refractivity (Wildman–Crippen MR) is 71.2 cm³/mol. The van der Waals surface area contributed by atoms with Crippen molar-refractivity contribution in [3.8, 4) is 0 Å². The van der Waals surface area contributed by atoms with Crippen molar-refractivity contribution in [1.29, 1.82) is 0 Å². The van der Waals surface area contributed by atoms with Crippen LogP contribution >= 0.6 is 0 Å². The maximum Gasteiger partial charge on any atom is 0.320 e. The van der Waals surface area contributed by atoms with Crippen molar-refractivity contribution in [2.75, 3.05) is 0 Å². The molecule has 1 unspecified atom stereocenters. The number of hydrogen-bond acceptors (Lipinski definition) is 3. The minimum atomic E-state index is -0.965. The van der Waals surface area contributed by atoms with Gasteiger partial charge in [0, 0.05) is 0 Å². The van der Waals surface area contributed by atoms with Gasteiger partial charge in [-0.3, -0.25) is 9.59 Å². The lowest BCUT2D eigenvalue weighted by atomic mass is 9.67. The number of ketones is 1. The Labute approximate surface area is 110 Å². The molecule has 0 saturated heterocycles. The van der Waals surface area contributed by atoms with Crippen molar-refractivity contribution in [1.82, 2.24) is 0 Å². The first-order valence-electron chi connectivity index (χ1n) is 6.92. The van der Waals surface area contributed by atoms with Crippen molar-refractivity contribution in [2.45, 2.75) is 72.3 Å². The molecular weight excluding hydrogens is 228 g/mol. The molecule has 0 radical (unpaired) electrons. The van der Waals surface area contributed by atoms with Gasteiger partial charge in [0.15, 0.2) is 0 Å². The van der Waals surface area contributed by atoms with Gasteiger partial charge in [0.25, 0.3) is 0 Å². The van der Waals surface area contributed by atoms with Crippen molar-refractivity contribution in [2.24, 2.45) is 11.3 Å². The van der Waals surface area contributed by atoms with Gasteiger partial charge in [0.05, 0.1) is 0 Å². The number of carbonyl (C=O) groups excluding carboxylic acids is 2. The standard InChI is InChI=1S/C15H26O3/c1-11(16)15(5,12-9-7-6-8-10-12)13(17)18-14(2,3)4/h12H,6-10H2,1-5H3. The van der Waals surface area contributed by atoms with Gasteiger partial charge in [0.1, 0.15) is 16.8 Å². The van der Waals surface area contributed by atoms with Crippen LogP contribution in [0.3, 0.4) is 0 Å². The van der Waals surface area contributed by atoms with Crippen LogP contribution in [0.2, 0.25) is 0 Å². The number of Topliss-reactive ketones (excluding diaryl/α,β-unsaturated/α-hetero) is 1. The quantitative estimate of drug-likeness (QED) is 0.572. The molecule has 1 aliphatic rings. The van der Waals surface area contributed by atoms with E-state index in [1.165, 1.54) is 13.3 Å². The predicted octanol–water partition coefficient (Wildman–Crippen LogP) is 3.50. The van der Waals surface area contributed by atoms with Crippen LogP contribution in [-0.4, -0.2) is 17.4 Å². The lowest BCUT2D eigenvalue weighted by Crippen LogP contribution is -2.46.